The second-order valence-electron chi connectivity index (χ2n) is 5.15. The first kappa shape index (κ1) is 15.1. The molecule has 2 nitrogen and oxygen atoms in total. The molecule has 0 fully saturated rings. The average molecular weight is 334 g/mol. The summed E-state index contributed by atoms with van der Waals surface area (Å²) in [6, 6.07) is 14.4. The zero-order valence-electron chi connectivity index (χ0n) is 11.9. The largest absolute Gasteiger partial charge is 0.488 e. The van der Waals surface area contributed by atoms with Gasteiger partial charge in [0.2, 0.25) is 0 Å². The molecule has 2 N–H and O–H groups in total. The zero-order chi connectivity index (χ0) is 14.5. The lowest BCUT2D eigenvalue weighted by Gasteiger charge is -2.11. The van der Waals surface area contributed by atoms with Gasteiger partial charge < -0.3 is 10.5 Å². The summed E-state index contributed by atoms with van der Waals surface area (Å²) in [6.45, 7) is 5.50. The highest BCUT2D eigenvalue weighted by molar-refractivity contribution is 9.10. The Balaban J connectivity index is 2.03. The number of benzene rings is 2. The van der Waals surface area contributed by atoms with Gasteiger partial charge in [0.05, 0.1) is 4.47 Å². The van der Waals surface area contributed by atoms with Crippen LogP contribution in [0.4, 0.5) is 0 Å². The molecule has 0 spiro atoms. The first-order valence-electron chi connectivity index (χ1n) is 6.80. The van der Waals surface area contributed by atoms with E-state index in [0.29, 0.717) is 19.1 Å². The van der Waals surface area contributed by atoms with E-state index in [0.717, 1.165) is 21.3 Å². The van der Waals surface area contributed by atoms with E-state index in [4.69, 9.17) is 10.5 Å². The maximum atomic E-state index is 5.85. The minimum atomic E-state index is 0.518. The lowest BCUT2D eigenvalue weighted by atomic mass is 10.0. The summed E-state index contributed by atoms with van der Waals surface area (Å²) in [7, 11) is 0. The molecule has 0 aromatic heterocycles. The van der Waals surface area contributed by atoms with Gasteiger partial charge in [0, 0.05) is 6.54 Å². The zero-order valence-corrected chi connectivity index (χ0v) is 13.5. The summed E-state index contributed by atoms with van der Waals surface area (Å²) in [5.41, 5.74) is 9.16. The summed E-state index contributed by atoms with van der Waals surface area (Å²) in [6.07, 6.45) is 0. The number of rotatable bonds is 5. The van der Waals surface area contributed by atoms with Crippen molar-refractivity contribution in [3.05, 3.63) is 63.6 Å². The Hall–Kier alpha value is -1.32. The Kier molecular flexibility index (Phi) is 5.21. The Morgan fingerprint density at radius 1 is 1.05 bits per heavy atom. The third-order valence-electron chi connectivity index (χ3n) is 3.28. The van der Waals surface area contributed by atoms with Crippen LogP contribution >= 0.6 is 15.9 Å². The highest BCUT2D eigenvalue weighted by Crippen LogP contribution is 2.29. The topological polar surface area (TPSA) is 35.2 Å². The van der Waals surface area contributed by atoms with Crippen LogP contribution in [-0.2, 0) is 13.2 Å². The van der Waals surface area contributed by atoms with E-state index in [2.05, 4.69) is 54.0 Å². The maximum Gasteiger partial charge on any atom is 0.134 e. The van der Waals surface area contributed by atoms with Crippen molar-refractivity contribution in [2.24, 2.45) is 5.73 Å². The van der Waals surface area contributed by atoms with Crippen molar-refractivity contribution in [2.75, 3.05) is 0 Å². The van der Waals surface area contributed by atoms with Crippen molar-refractivity contribution in [3.63, 3.8) is 0 Å². The van der Waals surface area contributed by atoms with Gasteiger partial charge >= 0.3 is 0 Å². The van der Waals surface area contributed by atoms with E-state index >= 15 is 0 Å². The van der Waals surface area contributed by atoms with Gasteiger partial charge in [0.15, 0.2) is 0 Å². The van der Waals surface area contributed by atoms with Gasteiger partial charge in [-0.15, -0.1) is 0 Å². The van der Waals surface area contributed by atoms with Gasteiger partial charge in [-0.05, 0) is 50.7 Å². The molecule has 2 aromatic carbocycles. The van der Waals surface area contributed by atoms with Crippen LogP contribution < -0.4 is 10.5 Å². The number of hydrogen-bond donors (Lipinski definition) is 1. The van der Waals surface area contributed by atoms with E-state index in [9.17, 15) is 0 Å². The molecule has 0 unspecified atom stereocenters. The van der Waals surface area contributed by atoms with Gasteiger partial charge in [-0.1, -0.05) is 44.2 Å². The minimum absolute atomic E-state index is 0.518. The summed E-state index contributed by atoms with van der Waals surface area (Å²) >= 11 is 3.57. The molecular weight excluding hydrogens is 314 g/mol. The van der Waals surface area contributed by atoms with Crippen LogP contribution in [0.1, 0.15) is 36.5 Å². The number of ether oxygens (including phenoxy) is 1. The molecule has 2 rings (SSSR count). The van der Waals surface area contributed by atoms with Gasteiger partial charge in [-0.2, -0.15) is 0 Å². The fourth-order valence-electron chi connectivity index (χ4n) is 1.93. The van der Waals surface area contributed by atoms with Gasteiger partial charge in [-0.3, -0.25) is 0 Å². The van der Waals surface area contributed by atoms with Crippen molar-refractivity contribution in [2.45, 2.75) is 32.9 Å². The molecule has 0 saturated heterocycles. The summed E-state index contributed by atoms with van der Waals surface area (Å²) < 4.78 is 6.86. The molecule has 0 amide bonds. The van der Waals surface area contributed by atoms with E-state index in [1.54, 1.807) is 0 Å². The fourth-order valence-corrected chi connectivity index (χ4v) is 2.44. The number of hydrogen-bond acceptors (Lipinski definition) is 2. The van der Waals surface area contributed by atoms with E-state index < -0.39 is 0 Å². The highest BCUT2D eigenvalue weighted by atomic mass is 79.9. The molecule has 0 aliphatic carbocycles. The molecule has 0 radical (unpaired) electrons. The van der Waals surface area contributed by atoms with Crippen LogP contribution in [0.5, 0.6) is 5.75 Å². The first-order valence-corrected chi connectivity index (χ1v) is 7.59. The molecule has 0 aliphatic rings. The Labute approximate surface area is 129 Å². The standard InChI is InChI=1S/C17H20BrNO/c1-12(2)15-7-8-17(16(18)9-15)20-11-14-5-3-13(10-19)4-6-14/h3-9,12H,10-11,19H2,1-2H3. The predicted octanol–water partition coefficient (Wildman–Crippen LogP) is 4.61. The third kappa shape index (κ3) is 3.84. The fraction of sp³-hybridized carbons (Fsp3) is 0.294. The van der Waals surface area contributed by atoms with Crippen LogP contribution in [0, 0.1) is 0 Å². The quantitative estimate of drug-likeness (QED) is 0.867. The Morgan fingerprint density at radius 3 is 2.25 bits per heavy atom. The van der Waals surface area contributed by atoms with Gasteiger partial charge in [-0.25, -0.2) is 0 Å². The molecule has 3 heteroatoms. The molecule has 0 saturated carbocycles. The van der Waals surface area contributed by atoms with Crippen molar-refractivity contribution in [1.29, 1.82) is 0 Å². The molecule has 2 aromatic rings. The SMILES string of the molecule is CC(C)c1ccc(OCc2ccc(CN)cc2)c(Br)c1. The molecular formula is C17H20BrNO. The van der Waals surface area contributed by atoms with Crippen molar-refractivity contribution in [1.82, 2.24) is 0 Å². The predicted molar refractivity (Wildman–Crippen MR) is 86.9 cm³/mol. The minimum Gasteiger partial charge on any atom is -0.488 e. The van der Waals surface area contributed by atoms with E-state index in [1.165, 1.54) is 5.56 Å². The van der Waals surface area contributed by atoms with Crippen LogP contribution in [0.3, 0.4) is 0 Å². The normalized spacial score (nSPS) is 10.8. The van der Waals surface area contributed by atoms with Crippen LogP contribution in [-0.4, -0.2) is 0 Å². The lowest BCUT2D eigenvalue weighted by Crippen LogP contribution is -1.99. The second-order valence-corrected chi connectivity index (χ2v) is 6.01. The smallest absolute Gasteiger partial charge is 0.134 e. The van der Waals surface area contributed by atoms with E-state index in [-0.39, 0.29) is 0 Å². The Bertz CT molecular complexity index is 564. The maximum absolute atomic E-state index is 5.85. The van der Waals surface area contributed by atoms with Crippen molar-refractivity contribution in [3.8, 4) is 5.75 Å². The molecule has 0 atom stereocenters. The molecule has 20 heavy (non-hydrogen) atoms. The monoisotopic (exact) mass is 333 g/mol. The third-order valence-corrected chi connectivity index (χ3v) is 3.90. The summed E-state index contributed by atoms with van der Waals surface area (Å²) in [4.78, 5) is 0. The summed E-state index contributed by atoms with van der Waals surface area (Å²) in [5.74, 6) is 1.39. The number of halogens is 1. The molecule has 0 heterocycles. The highest BCUT2D eigenvalue weighted by Gasteiger charge is 2.05. The van der Waals surface area contributed by atoms with E-state index in [1.807, 2.05) is 18.2 Å². The van der Waals surface area contributed by atoms with Crippen LogP contribution in [0.2, 0.25) is 0 Å². The summed E-state index contributed by atoms with van der Waals surface area (Å²) in [5, 5.41) is 0. The van der Waals surface area contributed by atoms with Gasteiger partial charge in [0.25, 0.3) is 0 Å². The lowest BCUT2D eigenvalue weighted by molar-refractivity contribution is 0.304. The second kappa shape index (κ2) is 6.91. The van der Waals surface area contributed by atoms with Crippen LogP contribution in [0.15, 0.2) is 46.9 Å². The average Bonchev–Trinajstić information content (AvgIpc) is 2.46. The van der Waals surface area contributed by atoms with Crippen molar-refractivity contribution < 1.29 is 4.74 Å². The van der Waals surface area contributed by atoms with Gasteiger partial charge in [0.1, 0.15) is 12.4 Å². The molecule has 0 aliphatic heterocycles. The Morgan fingerprint density at radius 2 is 1.70 bits per heavy atom. The molecule has 106 valence electrons. The molecule has 0 bridgehead atoms. The van der Waals surface area contributed by atoms with Crippen molar-refractivity contribution >= 4 is 15.9 Å². The first-order chi connectivity index (χ1) is 9.60. The van der Waals surface area contributed by atoms with Crippen LogP contribution in [0.25, 0.3) is 0 Å². The number of nitrogens with two attached hydrogens (primary N) is 1.